The summed E-state index contributed by atoms with van der Waals surface area (Å²) in [6.45, 7) is 0.555. The topological polar surface area (TPSA) is 128 Å². The molecule has 3 aromatic rings. The molecule has 0 radical (unpaired) electrons. The summed E-state index contributed by atoms with van der Waals surface area (Å²) in [7, 11) is 1.53. The van der Waals surface area contributed by atoms with Crippen LogP contribution in [0.5, 0.6) is 0 Å². The van der Waals surface area contributed by atoms with Crippen LogP contribution in [0.2, 0.25) is 0 Å². The smallest absolute Gasteiger partial charge is 0.252 e. The largest absolute Gasteiger partial charge is 0.383 e. The molecule has 146 valence electrons. The number of carbonyl (C=O) groups excluding carboxylic acids is 1. The second kappa shape index (κ2) is 8.59. The Morgan fingerprint density at radius 2 is 2.11 bits per heavy atom. The van der Waals surface area contributed by atoms with Gasteiger partial charge in [-0.15, -0.1) is 0 Å². The van der Waals surface area contributed by atoms with Gasteiger partial charge in [0.1, 0.15) is 5.82 Å². The van der Waals surface area contributed by atoms with Gasteiger partial charge < -0.3 is 26.8 Å². The van der Waals surface area contributed by atoms with E-state index in [0.717, 1.165) is 17.0 Å². The van der Waals surface area contributed by atoms with Crippen LogP contribution < -0.4 is 22.1 Å². The summed E-state index contributed by atoms with van der Waals surface area (Å²) in [6, 6.07) is 9.89. The lowest BCUT2D eigenvalue weighted by atomic mass is 10.2. The maximum absolute atomic E-state index is 14.3. The van der Waals surface area contributed by atoms with E-state index in [1.165, 1.54) is 7.11 Å². The number of ether oxygens (including phenoxy) is 1. The van der Waals surface area contributed by atoms with Gasteiger partial charge in [0.2, 0.25) is 0 Å². The number of nitrogens with one attached hydrogen (secondary N) is 2. The Morgan fingerprint density at radius 3 is 2.86 bits per heavy atom. The van der Waals surface area contributed by atoms with Crippen LogP contribution in [0.15, 0.2) is 42.6 Å². The molecule has 2 aromatic heterocycles. The van der Waals surface area contributed by atoms with Crippen molar-refractivity contribution in [2.75, 3.05) is 30.9 Å². The van der Waals surface area contributed by atoms with Crippen molar-refractivity contribution in [2.24, 2.45) is 11.5 Å². The average Bonchev–Trinajstić information content (AvgIpc) is 2.68. The zero-order chi connectivity index (χ0) is 20.1. The number of primary amides is 1. The molecule has 0 aliphatic carbocycles. The van der Waals surface area contributed by atoms with Crippen LogP contribution in [0.3, 0.4) is 0 Å². The van der Waals surface area contributed by atoms with Crippen molar-refractivity contribution in [1.82, 2.24) is 9.97 Å². The van der Waals surface area contributed by atoms with Gasteiger partial charge in [0.25, 0.3) is 5.91 Å². The molecule has 3 rings (SSSR count). The molecule has 28 heavy (non-hydrogen) atoms. The Labute approximate surface area is 161 Å². The van der Waals surface area contributed by atoms with Crippen molar-refractivity contribution in [2.45, 2.75) is 6.04 Å². The van der Waals surface area contributed by atoms with E-state index in [0.29, 0.717) is 12.3 Å². The van der Waals surface area contributed by atoms with Crippen molar-refractivity contribution in [3.8, 4) is 0 Å². The molecule has 1 atom stereocenters. The number of benzene rings is 1. The van der Waals surface area contributed by atoms with Crippen LogP contribution in [-0.4, -0.2) is 42.2 Å². The molecule has 1 unspecified atom stereocenters. The third kappa shape index (κ3) is 4.51. The summed E-state index contributed by atoms with van der Waals surface area (Å²) < 4.78 is 19.3. The standard InChI is InChI=1S/C19H21FN6O2/c1-28-10-12(21)9-24-19-15(20)8-14(17(22)27)18(26-19)25-13-4-5-16-11(7-13)3-2-6-23-16/h2-8,12H,9-10,21H2,1H3,(H2,22,27)(H2,24,25,26). The molecule has 9 heteroatoms. The van der Waals surface area contributed by atoms with E-state index >= 15 is 0 Å². The van der Waals surface area contributed by atoms with Gasteiger partial charge in [0.15, 0.2) is 11.6 Å². The first-order valence-electron chi connectivity index (χ1n) is 8.58. The summed E-state index contributed by atoms with van der Waals surface area (Å²) >= 11 is 0. The number of halogens is 1. The van der Waals surface area contributed by atoms with Crippen molar-refractivity contribution >= 4 is 34.1 Å². The monoisotopic (exact) mass is 384 g/mol. The minimum atomic E-state index is -0.793. The zero-order valence-electron chi connectivity index (χ0n) is 15.3. The molecule has 0 saturated heterocycles. The van der Waals surface area contributed by atoms with Crippen LogP contribution in [0, 0.1) is 5.82 Å². The fourth-order valence-electron chi connectivity index (χ4n) is 2.69. The summed E-state index contributed by atoms with van der Waals surface area (Å²) in [4.78, 5) is 20.2. The number of pyridine rings is 2. The third-order valence-corrected chi connectivity index (χ3v) is 4.02. The maximum atomic E-state index is 14.3. The Morgan fingerprint density at radius 1 is 1.29 bits per heavy atom. The van der Waals surface area contributed by atoms with Gasteiger partial charge in [0, 0.05) is 37.0 Å². The predicted molar refractivity (Wildman–Crippen MR) is 106 cm³/mol. The SMILES string of the molecule is COCC(N)CNc1nc(Nc2ccc3ncccc3c2)c(C(N)=O)cc1F. The number of rotatable bonds is 8. The number of hydrogen-bond donors (Lipinski definition) is 4. The Balaban J connectivity index is 1.90. The normalized spacial score (nSPS) is 12.0. The first kappa shape index (κ1) is 19.5. The lowest BCUT2D eigenvalue weighted by Gasteiger charge is -2.15. The lowest BCUT2D eigenvalue weighted by molar-refractivity contribution is 0.100. The molecule has 0 aliphatic heterocycles. The summed E-state index contributed by atoms with van der Waals surface area (Å²) in [5, 5.41) is 6.75. The second-order valence-electron chi connectivity index (χ2n) is 6.21. The van der Waals surface area contributed by atoms with E-state index in [-0.39, 0.29) is 29.8 Å². The fourth-order valence-corrected chi connectivity index (χ4v) is 2.69. The summed E-state index contributed by atoms with van der Waals surface area (Å²) in [6.07, 6.45) is 1.70. The molecule has 0 bridgehead atoms. The van der Waals surface area contributed by atoms with E-state index in [1.54, 1.807) is 12.3 Å². The van der Waals surface area contributed by atoms with Crippen molar-refractivity contribution < 1.29 is 13.9 Å². The molecule has 8 nitrogen and oxygen atoms in total. The van der Waals surface area contributed by atoms with Gasteiger partial charge in [-0.25, -0.2) is 9.37 Å². The predicted octanol–water partition coefficient (Wildman–Crippen LogP) is 2.00. The highest BCUT2D eigenvalue weighted by atomic mass is 19.1. The number of hydrogen-bond acceptors (Lipinski definition) is 7. The summed E-state index contributed by atoms with van der Waals surface area (Å²) in [5.41, 5.74) is 12.6. The van der Waals surface area contributed by atoms with E-state index in [1.807, 2.05) is 24.3 Å². The number of nitrogens with zero attached hydrogens (tertiary/aromatic N) is 2. The van der Waals surface area contributed by atoms with Crippen molar-refractivity contribution in [3.63, 3.8) is 0 Å². The van der Waals surface area contributed by atoms with E-state index < -0.39 is 11.7 Å². The van der Waals surface area contributed by atoms with E-state index in [2.05, 4.69) is 20.6 Å². The van der Waals surface area contributed by atoms with Gasteiger partial charge in [-0.1, -0.05) is 6.07 Å². The number of fused-ring (bicyclic) bond motifs is 1. The summed E-state index contributed by atoms with van der Waals surface area (Å²) in [5.74, 6) is -1.40. The van der Waals surface area contributed by atoms with Gasteiger partial charge in [-0.3, -0.25) is 9.78 Å². The van der Waals surface area contributed by atoms with Gasteiger partial charge in [-0.2, -0.15) is 0 Å². The van der Waals surface area contributed by atoms with Crippen LogP contribution in [0.1, 0.15) is 10.4 Å². The quantitative estimate of drug-likeness (QED) is 0.467. The number of methoxy groups -OCH3 is 1. The number of nitrogens with two attached hydrogens (primary N) is 2. The Hall–Kier alpha value is -3.30. The number of aromatic nitrogens is 2. The number of anilines is 3. The molecule has 2 heterocycles. The molecule has 0 saturated carbocycles. The van der Waals surface area contributed by atoms with Gasteiger partial charge in [0.05, 0.1) is 17.7 Å². The average molecular weight is 384 g/mol. The zero-order valence-corrected chi connectivity index (χ0v) is 15.3. The van der Waals surface area contributed by atoms with Crippen LogP contribution >= 0.6 is 0 Å². The fraction of sp³-hybridized carbons (Fsp3) is 0.211. The number of amides is 1. The minimum absolute atomic E-state index is 0.0403. The highest BCUT2D eigenvalue weighted by molar-refractivity contribution is 5.99. The molecule has 6 N–H and O–H groups in total. The van der Waals surface area contributed by atoms with Gasteiger partial charge in [-0.05, 0) is 30.3 Å². The third-order valence-electron chi connectivity index (χ3n) is 4.02. The van der Waals surface area contributed by atoms with Crippen LogP contribution in [0.25, 0.3) is 10.9 Å². The first-order chi connectivity index (χ1) is 13.5. The van der Waals surface area contributed by atoms with E-state index in [4.69, 9.17) is 16.2 Å². The van der Waals surface area contributed by atoms with Crippen molar-refractivity contribution in [3.05, 3.63) is 54.0 Å². The van der Waals surface area contributed by atoms with Gasteiger partial charge >= 0.3 is 0 Å². The molecular weight excluding hydrogens is 363 g/mol. The minimum Gasteiger partial charge on any atom is -0.383 e. The van der Waals surface area contributed by atoms with Crippen LogP contribution in [0.4, 0.5) is 21.7 Å². The molecule has 0 spiro atoms. The molecule has 0 aliphatic rings. The Bertz CT molecular complexity index is 997. The van der Waals surface area contributed by atoms with E-state index in [9.17, 15) is 9.18 Å². The van der Waals surface area contributed by atoms with Crippen LogP contribution in [-0.2, 0) is 4.74 Å². The molecule has 1 aromatic carbocycles. The number of carbonyl (C=O) groups is 1. The lowest BCUT2D eigenvalue weighted by Crippen LogP contribution is -2.33. The maximum Gasteiger partial charge on any atom is 0.252 e. The second-order valence-corrected chi connectivity index (χ2v) is 6.21. The highest BCUT2D eigenvalue weighted by Gasteiger charge is 2.17. The Kier molecular flexibility index (Phi) is 5.97. The highest BCUT2D eigenvalue weighted by Crippen LogP contribution is 2.25. The van der Waals surface area contributed by atoms with Crippen molar-refractivity contribution in [1.29, 1.82) is 0 Å². The first-order valence-corrected chi connectivity index (χ1v) is 8.58. The molecule has 1 amide bonds. The molecule has 0 fully saturated rings. The molecular formula is C19H21FN6O2.